The molecule has 1 fully saturated rings. The molecule has 0 aliphatic carbocycles. The number of nitriles is 1. The Hall–Kier alpha value is -3.75. The van der Waals surface area contributed by atoms with Gasteiger partial charge in [-0.05, 0) is 19.4 Å². The number of carbonyl (C=O) groups excluding carboxylic acids is 2. The molecule has 39 heavy (non-hydrogen) atoms. The molecule has 0 amide bonds. The summed E-state index contributed by atoms with van der Waals surface area (Å²) < 4.78 is 10.9. The number of nitro benzene ring substituents is 1. The van der Waals surface area contributed by atoms with E-state index in [-0.39, 0.29) is 28.9 Å². The highest BCUT2D eigenvalue weighted by Gasteiger charge is 2.39. The second-order valence-electron chi connectivity index (χ2n) is 10.7. The molecule has 1 saturated heterocycles. The van der Waals surface area contributed by atoms with Gasteiger partial charge in [0, 0.05) is 74.6 Å². The molecule has 1 aromatic carbocycles. The highest BCUT2D eigenvalue weighted by molar-refractivity contribution is 5.99. The number of hydrogen-bond acceptors (Lipinski definition) is 10. The maximum atomic E-state index is 13.6. The maximum Gasteiger partial charge on any atom is 0.336 e. The Labute approximate surface area is 229 Å². The standard InChI is InChI=1S/C28H37N5O6/c1-19-23(26(34)38-5)25(21-8-6-9-22(16-21)33(36)37)24(20(2)30-19)27(35)39-18-28(3,4)17-32-14-12-31(13-15-32)11-7-10-29/h6,8-9,16,25,30H,7,11-15,17-18H2,1-5H3. The fraction of sp³-hybridized carbons (Fsp3) is 0.536. The van der Waals surface area contributed by atoms with Gasteiger partial charge >= 0.3 is 11.9 Å². The topological polar surface area (TPSA) is 138 Å². The van der Waals surface area contributed by atoms with E-state index in [1.807, 2.05) is 13.8 Å². The summed E-state index contributed by atoms with van der Waals surface area (Å²) in [5.41, 5.74) is 1.35. The molecule has 0 bridgehead atoms. The molecular formula is C28H37N5O6. The molecule has 1 N–H and O–H groups in total. The summed E-state index contributed by atoms with van der Waals surface area (Å²) >= 11 is 0. The van der Waals surface area contributed by atoms with Crippen LogP contribution in [-0.4, -0.2) is 79.6 Å². The molecule has 0 saturated carbocycles. The monoisotopic (exact) mass is 539 g/mol. The van der Waals surface area contributed by atoms with Crippen molar-refractivity contribution in [1.82, 2.24) is 15.1 Å². The van der Waals surface area contributed by atoms with E-state index in [9.17, 15) is 19.7 Å². The number of rotatable bonds is 10. The summed E-state index contributed by atoms with van der Waals surface area (Å²) in [5.74, 6) is -2.13. The van der Waals surface area contributed by atoms with E-state index in [1.165, 1.54) is 25.3 Å². The number of nitro groups is 1. The first-order valence-corrected chi connectivity index (χ1v) is 13.0. The van der Waals surface area contributed by atoms with Crippen molar-refractivity contribution in [2.75, 3.05) is 53.0 Å². The molecule has 1 unspecified atom stereocenters. The van der Waals surface area contributed by atoms with Gasteiger partial charge in [-0.3, -0.25) is 15.0 Å². The molecule has 210 valence electrons. The molecule has 0 spiro atoms. The van der Waals surface area contributed by atoms with Crippen LogP contribution in [0.2, 0.25) is 0 Å². The average molecular weight is 540 g/mol. The second-order valence-corrected chi connectivity index (χ2v) is 10.7. The Morgan fingerprint density at radius 3 is 2.33 bits per heavy atom. The quantitative estimate of drug-likeness (QED) is 0.268. The predicted molar refractivity (Wildman–Crippen MR) is 144 cm³/mol. The van der Waals surface area contributed by atoms with Crippen LogP contribution in [-0.2, 0) is 19.1 Å². The minimum atomic E-state index is -0.893. The van der Waals surface area contributed by atoms with Crippen molar-refractivity contribution in [1.29, 1.82) is 5.26 Å². The van der Waals surface area contributed by atoms with Crippen LogP contribution < -0.4 is 5.32 Å². The fourth-order valence-corrected chi connectivity index (χ4v) is 5.17. The summed E-state index contributed by atoms with van der Waals surface area (Å²) in [6.45, 7) is 12.7. The second kappa shape index (κ2) is 12.9. The highest BCUT2D eigenvalue weighted by atomic mass is 16.6. The summed E-state index contributed by atoms with van der Waals surface area (Å²) in [6, 6.07) is 8.10. The molecule has 11 nitrogen and oxygen atoms in total. The van der Waals surface area contributed by atoms with Gasteiger partial charge in [0.05, 0.1) is 41.8 Å². The van der Waals surface area contributed by atoms with Gasteiger partial charge in [0.1, 0.15) is 0 Å². The third kappa shape index (κ3) is 7.43. The maximum absolute atomic E-state index is 13.6. The number of carbonyl (C=O) groups is 2. The van der Waals surface area contributed by atoms with Crippen LogP contribution in [0.1, 0.15) is 45.6 Å². The number of esters is 2. The highest BCUT2D eigenvalue weighted by Crippen LogP contribution is 2.40. The van der Waals surface area contributed by atoms with E-state index in [1.54, 1.807) is 19.9 Å². The third-order valence-electron chi connectivity index (χ3n) is 7.05. The van der Waals surface area contributed by atoms with Gasteiger partial charge in [-0.1, -0.05) is 26.0 Å². The third-order valence-corrected chi connectivity index (χ3v) is 7.05. The SMILES string of the molecule is COC(=O)C1=C(C)NC(C)=C(C(=O)OCC(C)(C)CN2CCN(CCC#N)CC2)C1c1cccc([N+](=O)[O-])c1. The molecular weight excluding hydrogens is 502 g/mol. The van der Waals surface area contributed by atoms with Crippen molar-refractivity contribution in [3.63, 3.8) is 0 Å². The van der Waals surface area contributed by atoms with E-state index < -0.39 is 22.8 Å². The van der Waals surface area contributed by atoms with Crippen LogP contribution in [0.4, 0.5) is 5.69 Å². The largest absolute Gasteiger partial charge is 0.466 e. The first kappa shape index (κ1) is 29.8. The van der Waals surface area contributed by atoms with Gasteiger partial charge in [-0.15, -0.1) is 0 Å². The van der Waals surface area contributed by atoms with Crippen LogP contribution in [0.25, 0.3) is 0 Å². The molecule has 2 aliphatic rings. The Morgan fingerprint density at radius 1 is 1.13 bits per heavy atom. The number of non-ortho nitro benzene ring substituents is 1. The normalized spacial score (nSPS) is 18.8. The lowest BCUT2D eigenvalue weighted by Crippen LogP contribution is -2.49. The van der Waals surface area contributed by atoms with Gasteiger partial charge in [-0.25, -0.2) is 9.59 Å². The smallest absolute Gasteiger partial charge is 0.336 e. The van der Waals surface area contributed by atoms with Gasteiger partial charge in [-0.2, -0.15) is 5.26 Å². The van der Waals surface area contributed by atoms with E-state index in [2.05, 4.69) is 21.2 Å². The van der Waals surface area contributed by atoms with Crippen LogP contribution in [0.15, 0.2) is 46.8 Å². The van der Waals surface area contributed by atoms with Crippen molar-refractivity contribution in [2.45, 2.75) is 40.0 Å². The van der Waals surface area contributed by atoms with Crippen molar-refractivity contribution in [3.05, 3.63) is 62.5 Å². The zero-order valence-electron chi connectivity index (χ0n) is 23.3. The molecule has 2 heterocycles. The molecule has 0 aromatic heterocycles. The van der Waals surface area contributed by atoms with Gasteiger partial charge < -0.3 is 19.7 Å². The first-order valence-electron chi connectivity index (χ1n) is 13.0. The summed E-state index contributed by atoms with van der Waals surface area (Å²) in [7, 11) is 1.25. The van der Waals surface area contributed by atoms with Crippen molar-refractivity contribution in [2.24, 2.45) is 5.41 Å². The number of benzene rings is 1. The molecule has 0 radical (unpaired) electrons. The Kier molecular flexibility index (Phi) is 9.83. The predicted octanol–water partition coefficient (Wildman–Crippen LogP) is 3.10. The molecule has 3 rings (SSSR count). The minimum absolute atomic E-state index is 0.146. The van der Waals surface area contributed by atoms with Crippen LogP contribution in [0.5, 0.6) is 0 Å². The molecule has 1 aromatic rings. The van der Waals surface area contributed by atoms with E-state index in [0.29, 0.717) is 23.4 Å². The zero-order chi connectivity index (χ0) is 28.7. The van der Waals surface area contributed by atoms with Gasteiger partial charge in [0.15, 0.2) is 0 Å². The number of methoxy groups -OCH3 is 1. The van der Waals surface area contributed by atoms with Crippen molar-refractivity contribution in [3.8, 4) is 6.07 Å². The lowest BCUT2D eigenvalue weighted by atomic mass is 9.80. The molecule has 2 aliphatic heterocycles. The summed E-state index contributed by atoms with van der Waals surface area (Å²) in [6.07, 6.45) is 0.523. The Morgan fingerprint density at radius 2 is 1.74 bits per heavy atom. The van der Waals surface area contributed by atoms with Gasteiger partial charge in [0.25, 0.3) is 5.69 Å². The zero-order valence-corrected chi connectivity index (χ0v) is 23.3. The minimum Gasteiger partial charge on any atom is -0.466 e. The van der Waals surface area contributed by atoms with E-state index in [0.717, 1.165) is 39.3 Å². The number of piperazine rings is 1. The Balaban J connectivity index is 1.78. The number of ether oxygens (including phenoxy) is 2. The molecule has 11 heteroatoms. The van der Waals surface area contributed by atoms with E-state index in [4.69, 9.17) is 14.7 Å². The average Bonchev–Trinajstić information content (AvgIpc) is 2.90. The number of nitrogens with zero attached hydrogens (tertiary/aromatic N) is 4. The molecule has 1 atom stereocenters. The number of allylic oxidation sites excluding steroid dienone is 2. The van der Waals surface area contributed by atoms with Crippen LogP contribution in [0.3, 0.4) is 0 Å². The lowest BCUT2D eigenvalue weighted by Gasteiger charge is -2.38. The lowest BCUT2D eigenvalue weighted by molar-refractivity contribution is -0.384. The van der Waals surface area contributed by atoms with Crippen molar-refractivity contribution >= 4 is 17.6 Å². The van der Waals surface area contributed by atoms with Crippen molar-refractivity contribution < 1.29 is 24.0 Å². The van der Waals surface area contributed by atoms with Gasteiger partial charge in [0.2, 0.25) is 0 Å². The number of nitrogens with one attached hydrogen (secondary N) is 1. The summed E-state index contributed by atoms with van der Waals surface area (Å²) in [4.78, 5) is 42.0. The number of hydrogen-bond donors (Lipinski definition) is 1. The number of dihydropyridines is 1. The summed E-state index contributed by atoms with van der Waals surface area (Å²) in [5, 5.41) is 23.4. The van der Waals surface area contributed by atoms with Crippen LogP contribution in [0, 0.1) is 26.9 Å². The van der Waals surface area contributed by atoms with Crippen LogP contribution >= 0.6 is 0 Å². The van der Waals surface area contributed by atoms with E-state index >= 15 is 0 Å². The first-order chi connectivity index (χ1) is 18.5. The fourth-order valence-electron chi connectivity index (χ4n) is 5.17. The Bertz CT molecular complexity index is 1210.